The van der Waals surface area contributed by atoms with Crippen molar-refractivity contribution >= 4 is 28.4 Å². The lowest BCUT2D eigenvalue weighted by molar-refractivity contribution is -0.0561. The molecule has 0 spiro atoms. The van der Waals surface area contributed by atoms with Gasteiger partial charge in [-0.25, -0.2) is 0 Å². The summed E-state index contributed by atoms with van der Waals surface area (Å²) < 4.78 is 6.82. The molecule has 3 heteroatoms. The van der Waals surface area contributed by atoms with Crippen LogP contribution in [0, 0.1) is 46.3 Å². The first-order chi connectivity index (χ1) is 15.2. The van der Waals surface area contributed by atoms with Crippen LogP contribution in [0.3, 0.4) is 0 Å². The summed E-state index contributed by atoms with van der Waals surface area (Å²) in [6.45, 7) is 12.7. The van der Waals surface area contributed by atoms with E-state index < -0.39 is 0 Å². The summed E-state index contributed by atoms with van der Waals surface area (Å²) in [5, 5.41) is 0. The lowest BCUT2D eigenvalue weighted by Gasteiger charge is -2.58. The molecule has 0 N–H and O–H groups in total. The van der Waals surface area contributed by atoms with Crippen molar-refractivity contribution in [3.8, 4) is 0 Å². The molecule has 0 aliphatic heterocycles. The van der Waals surface area contributed by atoms with Crippen LogP contribution in [0.4, 0.5) is 0 Å². The molecule has 32 heavy (non-hydrogen) atoms. The van der Waals surface area contributed by atoms with Gasteiger partial charge in [-0.15, -0.1) is 0 Å². The van der Waals surface area contributed by atoms with Crippen LogP contribution in [0.2, 0.25) is 0 Å². The molecule has 0 saturated heterocycles. The largest absolute Gasteiger partial charge is 0.475 e. The maximum Gasteiger partial charge on any atom is 0.219 e. The topological polar surface area (TPSA) is 9.23 Å². The van der Waals surface area contributed by atoms with Gasteiger partial charge < -0.3 is 4.74 Å². The van der Waals surface area contributed by atoms with Gasteiger partial charge >= 0.3 is 0 Å². The zero-order valence-electron chi connectivity index (χ0n) is 21.6. The van der Waals surface area contributed by atoms with Crippen molar-refractivity contribution < 1.29 is 4.74 Å². The molecule has 0 bridgehead atoms. The highest BCUT2D eigenvalue weighted by atomic mass is 32.2. The van der Waals surface area contributed by atoms with Crippen LogP contribution in [0.15, 0.2) is 11.6 Å². The van der Waals surface area contributed by atoms with Crippen LogP contribution < -0.4 is 0 Å². The summed E-state index contributed by atoms with van der Waals surface area (Å²) in [6.07, 6.45) is 20.1. The molecule has 1 nitrogen and oxygen atoms in total. The number of thioether (sulfide) groups is 1. The Bertz CT molecular complexity index is 714. The maximum atomic E-state index is 6.10. The van der Waals surface area contributed by atoms with Crippen molar-refractivity contribution in [1.29, 1.82) is 0 Å². The van der Waals surface area contributed by atoms with Crippen LogP contribution in [-0.2, 0) is 4.74 Å². The average molecular weight is 477 g/mol. The zero-order valence-corrected chi connectivity index (χ0v) is 23.3. The SMILES string of the molecule is CSC(=S)O[C@H]1CC[C@]2(C)C(=CC[C@H]3[C@H]2CC[C@@]2(C)[C@H]3CC[C@H]2[C@H](C)CCCC(C)C)C1. The molecule has 0 unspecified atom stereocenters. The minimum absolute atomic E-state index is 0.308. The third-order valence-electron chi connectivity index (χ3n) is 10.7. The normalized spacial score (nSPS) is 42.0. The van der Waals surface area contributed by atoms with Gasteiger partial charge in [0.05, 0.1) is 0 Å². The van der Waals surface area contributed by atoms with Gasteiger partial charge in [0.15, 0.2) is 0 Å². The monoisotopic (exact) mass is 476 g/mol. The molecule has 0 amide bonds. The first kappa shape index (κ1) is 25.1. The van der Waals surface area contributed by atoms with E-state index in [1.54, 1.807) is 17.3 Å². The molecule has 3 fully saturated rings. The third kappa shape index (κ3) is 4.60. The summed E-state index contributed by atoms with van der Waals surface area (Å²) in [6, 6.07) is 0. The second-order valence-corrected chi connectivity index (χ2v) is 14.1. The summed E-state index contributed by atoms with van der Waals surface area (Å²) in [4.78, 5) is 0. The number of fused-ring (bicyclic) bond motifs is 5. The Labute approximate surface area is 208 Å². The Morgan fingerprint density at radius 2 is 1.88 bits per heavy atom. The maximum absolute atomic E-state index is 6.10. The van der Waals surface area contributed by atoms with E-state index in [4.69, 9.17) is 17.0 Å². The number of ether oxygens (including phenoxy) is 1. The van der Waals surface area contributed by atoms with Gasteiger partial charge in [-0.3, -0.25) is 0 Å². The van der Waals surface area contributed by atoms with E-state index in [9.17, 15) is 0 Å². The Kier molecular flexibility index (Phi) is 7.78. The van der Waals surface area contributed by atoms with Crippen LogP contribution in [0.5, 0.6) is 0 Å². The predicted octanol–water partition coefficient (Wildman–Crippen LogP) is 9.06. The second-order valence-electron chi connectivity index (χ2n) is 12.7. The molecule has 0 aromatic heterocycles. The van der Waals surface area contributed by atoms with Gasteiger partial charge in [-0.05, 0) is 110 Å². The molecule has 4 aliphatic carbocycles. The fourth-order valence-corrected chi connectivity index (χ4v) is 9.31. The van der Waals surface area contributed by atoms with Gasteiger partial charge in [-0.1, -0.05) is 77.3 Å². The van der Waals surface area contributed by atoms with E-state index in [1.807, 2.05) is 6.26 Å². The predicted molar refractivity (Wildman–Crippen MR) is 144 cm³/mol. The molecular formula is C29H48OS2. The quantitative estimate of drug-likeness (QED) is 0.279. The van der Waals surface area contributed by atoms with Gasteiger partial charge in [0.25, 0.3) is 0 Å². The molecule has 182 valence electrons. The molecule has 8 atom stereocenters. The van der Waals surface area contributed by atoms with E-state index in [2.05, 4.69) is 40.7 Å². The van der Waals surface area contributed by atoms with Crippen molar-refractivity contribution in [3.63, 3.8) is 0 Å². The highest BCUT2D eigenvalue weighted by Crippen LogP contribution is 2.67. The minimum Gasteiger partial charge on any atom is -0.475 e. The van der Waals surface area contributed by atoms with E-state index in [1.165, 1.54) is 64.2 Å². The summed E-state index contributed by atoms with van der Waals surface area (Å²) in [5.41, 5.74) is 2.70. The summed E-state index contributed by atoms with van der Waals surface area (Å²) in [5.74, 6) is 5.47. The minimum atomic E-state index is 0.308. The standard InChI is InChI=1S/C29H48OS2/c1-19(2)8-7-9-20(3)24-12-13-25-23-11-10-21-18-22(30-27(31)32-6)14-16-28(21,4)26(23)15-17-29(24,25)5/h10,19-20,22-26H,7-9,11-18H2,1-6H3/t20-,22+,23-,24+,25+,26-,28-,29-/m1/s1. The second kappa shape index (κ2) is 9.92. The van der Waals surface area contributed by atoms with Crippen molar-refractivity contribution in [3.05, 3.63) is 11.6 Å². The molecule has 0 heterocycles. The molecule has 4 aliphatic rings. The summed E-state index contributed by atoms with van der Waals surface area (Å²) in [7, 11) is 0. The van der Waals surface area contributed by atoms with E-state index in [0.29, 0.717) is 16.9 Å². The molecule has 4 rings (SSSR count). The van der Waals surface area contributed by atoms with E-state index >= 15 is 0 Å². The van der Waals surface area contributed by atoms with Gasteiger partial charge in [0.2, 0.25) is 4.38 Å². The number of allylic oxidation sites excluding steroid dienone is 1. The van der Waals surface area contributed by atoms with Crippen LogP contribution in [0.25, 0.3) is 0 Å². The summed E-state index contributed by atoms with van der Waals surface area (Å²) >= 11 is 6.93. The van der Waals surface area contributed by atoms with Crippen LogP contribution in [-0.4, -0.2) is 16.7 Å². The van der Waals surface area contributed by atoms with Crippen molar-refractivity contribution in [2.75, 3.05) is 6.26 Å². The average Bonchev–Trinajstić information content (AvgIpc) is 3.11. The van der Waals surface area contributed by atoms with Gasteiger partial charge in [0, 0.05) is 6.42 Å². The third-order valence-corrected chi connectivity index (χ3v) is 11.7. The smallest absolute Gasteiger partial charge is 0.219 e. The lowest BCUT2D eigenvalue weighted by atomic mass is 9.47. The number of thiocarbonyl (C=S) groups is 1. The first-order valence-corrected chi connectivity index (χ1v) is 15.3. The first-order valence-electron chi connectivity index (χ1n) is 13.6. The highest BCUT2D eigenvalue weighted by Gasteiger charge is 2.59. The lowest BCUT2D eigenvalue weighted by Crippen LogP contribution is -2.51. The van der Waals surface area contributed by atoms with E-state index in [0.717, 1.165) is 46.3 Å². The highest BCUT2D eigenvalue weighted by molar-refractivity contribution is 8.22. The van der Waals surface area contributed by atoms with Crippen LogP contribution in [0.1, 0.15) is 105 Å². The van der Waals surface area contributed by atoms with Gasteiger partial charge in [0.1, 0.15) is 6.10 Å². The number of rotatable bonds is 6. The molecule has 3 saturated carbocycles. The van der Waals surface area contributed by atoms with Crippen molar-refractivity contribution in [2.24, 2.45) is 46.3 Å². The van der Waals surface area contributed by atoms with Crippen molar-refractivity contribution in [1.82, 2.24) is 0 Å². The van der Waals surface area contributed by atoms with Crippen LogP contribution >= 0.6 is 24.0 Å². The fourth-order valence-electron chi connectivity index (χ4n) is 8.94. The Balaban J connectivity index is 1.45. The molecule has 0 radical (unpaired) electrons. The fraction of sp³-hybridized carbons (Fsp3) is 0.897. The number of hydrogen-bond acceptors (Lipinski definition) is 3. The van der Waals surface area contributed by atoms with Crippen molar-refractivity contribution in [2.45, 2.75) is 111 Å². The molecular weight excluding hydrogens is 428 g/mol. The number of hydrogen-bond donors (Lipinski definition) is 0. The van der Waals surface area contributed by atoms with Gasteiger partial charge in [-0.2, -0.15) is 0 Å². The molecule has 0 aromatic rings. The molecule has 0 aromatic carbocycles. The Morgan fingerprint density at radius 3 is 2.59 bits per heavy atom. The zero-order chi connectivity index (χ0) is 23.1. The van der Waals surface area contributed by atoms with E-state index in [-0.39, 0.29) is 0 Å². The Morgan fingerprint density at radius 1 is 1.09 bits per heavy atom. The Hall–Kier alpha value is -0.0200.